The van der Waals surface area contributed by atoms with Crippen molar-refractivity contribution in [1.29, 1.82) is 0 Å². The van der Waals surface area contributed by atoms with Gasteiger partial charge in [-0.2, -0.15) is 0 Å². The van der Waals surface area contributed by atoms with Gasteiger partial charge in [-0.15, -0.1) is 0 Å². The molecule has 0 N–H and O–H groups in total. The number of Topliss-reactive ketones (excluding diaryl/α,β-unsaturated/α-hetero) is 1. The highest BCUT2D eigenvalue weighted by Crippen LogP contribution is 2.55. The molecule has 0 aromatic carbocycles. The van der Waals surface area contributed by atoms with Crippen LogP contribution in [-0.4, -0.2) is 5.78 Å². The third kappa shape index (κ3) is 0.963. The summed E-state index contributed by atoms with van der Waals surface area (Å²) in [7, 11) is 0. The van der Waals surface area contributed by atoms with E-state index in [2.05, 4.69) is 6.92 Å². The van der Waals surface area contributed by atoms with Gasteiger partial charge in [-0.3, -0.25) is 4.79 Å². The zero-order valence-corrected chi connectivity index (χ0v) is 8.33. The summed E-state index contributed by atoms with van der Waals surface area (Å²) >= 11 is 0. The average molecular weight is 178 g/mol. The predicted octanol–water partition coefficient (Wildman–Crippen LogP) is 2.65. The molecule has 0 aromatic rings. The topological polar surface area (TPSA) is 17.1 Å². The lowest BCUT2D eigenvalue weighted by molar-refractivity contribution is -0.146. The number of hydrogen-bond acceptors (Lipinski definition) is 1. The summed E-state index contributed by atoms with van der Waals surface area (Å²) in [5.41, 5.74) is 0. The van der Waals surface area contributed by atoms with E-state index in [1.807, 2.05) is 0 Å². The second kappa shape index (κ2) is 2.59. The van der Waals surface area contributed by atoms with Gasteiger partial charge in [0, 0.05) is 11.8 Å². The van der Waals surface area contributed by atoms with Crippen LogP contribution in [0.1, 0.15) is 39.0 Å². The molecular formula is C12H18O. The Balaban J connectivity index is 1.94. The van der Waals surface area contributed by atoms with Crippen LogP contribution in [0.5, 0.6) is 0 Å². The van der Waals surface area contributed by atoms with Crippen LogP contribution in [0.25, 0.3) is 0 Å². The fourth-order valence-corrected chi connectivity index (χ4v) is 4.37. The molecule has 0 saturated heterocycles. The summed E-state index contributed by atoms with van der Waals surface area (Å²) < 4.78 is 0. The lowest BCUT2D eigenvalue weighted by atomic mass is 9.51. The van der Waals surface area contributed by atoms with Gasteiger partial charge < -0.3 is 0 Å². The quantitative estimate of drug-likeness (QED) is 0.603. The van der Waals surface area contributed by atoms with Gasteiger partial charge in [-0.25, -0.2) is 0 Å². The van der Waals surface area contributed by atoms with E-state index in [1.165, 1.54) is 32.1 Å². The highest BCUT2D eigenvalue weighted by Gasteiger charge is 2.52. The Labute approximate surface area is 79.9 Å². The van der Waals surface area contributed by atoms with E-state index >= 15 is 0 Å². The molecule has 72 valence electrons. The third-order valence-electron chi connectivity index (χ3n) is 4.79. The fourth-order valence-electron chi connectivity index (χ4n) is 4.37. The van der Waals surface area contributed by atoms with Gasteiger partial charge in [0.05, 0.1) is 0 Å². The van der Waals surface area contributed by atoms with Crippen LogP contribution in [0.4, 0.5) is 0 Å². The van der Waals surface area contributed by atoms with E-state index in [0.717, 1.165) is 17.8 Å². The number of ketones is 1. The van der Waals surface area contributed by atoms with Crippen LogP contribution in [0, 0.1) is 29.6 Å². The summed E-state index contributed by atoms with van der Waals surface area (Å²) in [6.07, 6.45) is 6.40. The van der Waals surface area contributed by atoms with E-state index in [4.69, 9.17) is 0 Å². The molecule has 1 unspecified atom stereocenters. The zero-order chi connectivity index (χ0) is 9.00. The van der Waals surface area contributed by atoms with Gasteiger partial charge in [-0.1, -0.05) is 13.3 Å². The van der Waals surface area contributed by atoms with Crippen LogP contribution in [0.3, 0.4) is 0 Å². The molecule has 13 heavy (non-hydrogen) atoms. The molecule has 0 aliphatic heterocycles. The van der Waals surface area contributed by atoms with Gasteiger partial charge in [0.15, 0.2) is 0 Å². The van der Waals surface area contributed by atoms with Gasteiger partial charge in [0.25, 0.3) is 0 Å². The summed E-state index contributed by atoms with van der Waals surface area (Å²) in [5, 5.41) is 0. The highest BCUT2D eigenvalue weighted by molar-refractivity contribution is 5.85. The first-order valence-corrected chi connectivity index (χ1v) is 5.83. The first-order valence-electron chi connectivity index (χ1n) is 5.83. The van der Waals surface area contributed by atoms with Crippen molar-refractivity contribution in [2.24, 2.45) is 29.6 Å². The second-order valence-electron chi connectivity index (χ2n) is 5.35. The zero-order valence-electron chi connectivity index (χ0n) is 8.33. The molecule has 0 amide bonds. The highest BCUT2D eigenvalue weighted by atomic mass is 16.1. The number of rotatable bonds is 1. The first kappa shape index (κ1) is 8.02. The monoisotopic (exact) mass is 178 g/mol. The lowest BCUT2D eigenvalue weighted by Crippen LogP contribution is -2.50. The molecule has 0 radical (unpaired) electrons. The lowest BCUT2D eigenvalue weighted by Gasteiger charge is -2.53. The van der Waals surface area contributed by atoms with Crippen LogP contribution < -0.4 is 0 Å². The molecule has 0 spiro atoms. The Morgan fingerprint density at radius 1 is 1.23 bits per heavy atom. The van der Waals surface area contributed by atoms with Crippen molar-refractivity contribution in [3.8, 4) is 0 Å². The average Bonchev–Trinajstić information content (AvgIpc) is 2.13. The molecule has 5 atom stereocenters. The van der Waals surface area contributed by atoms with Crippen LogP contribution in [0.2, 0.25) is 0 Å². The standard InChI is InChI=1S/C12H18O/c1-2-10-8-3-7-4-9(6-8)12(13)11(10)5-7/h7-11H,2-6H2,1H3/t7-,8+,9-,10?,11+/m0/s1. The maximum absolute atomic E-state index is 11.9. The maximum atomic E-state index is 11.9. The second-order valence-corrected chi connectivity index (χ2v) is 5.35. The van der Waals surface area contributed by atoms with Crippen LogP contribution in [0.15, 0.2) is 0 Å². The van der Waals surface area contributed by atoms with Crippen molar-refractivity contribution < 1.29 is 4.79 Å². The van der Waals surface area contributed by atoms with Crippen molar-refractivity contribution in [3.05, 3.63) is 0 Å². The van der Waals surface area contributed by atoms with Crippen molar-refractivity contribution in [3.63, 3.8) is 0 Å². The van der Waals surface area contributed by atoms with Crippen molar-refractivity contribution in [2.75, 3.05) is 0 Å². The molecule has 4 fully saturated rings. The van der Waals surface area contributed by atoms with E-state index in [0.29, 0.717) is 17.6 Å². The number of hydrogen-bond donors (Lipinski definition) is 0. The van der Waals surface area contributed by atoms with E-state index in [9.17, 15) is 4.79 Å². The van der Waals surface area contributed by atoms with E-state index in [-0.39, 0.29) is 0 Å². The fraction of sp³-hybridized carbons (Fsp3) is 0.917. The molecule has 4 aliphatic carbocycles. The molecule has 0 heterocycles. The molecule has 1 heteroatoms. The Morgan fingerprint density at radius 3 is 2.85 bits per heavy atom. The largest absolute Gasteiger partial charge is 0.299 e. The minimum atomic E-state index is 0.487. The van der Waals surface area contributed by atoms with Gasteiger partial charge >= 0.3 is 0 Å². The number of carbonyl (C=O) groups excluding carboxylic acids is 1. The number of carbonyl (C=O) groups is 1. The minimum absolute atomic E-state index is 0.487. The Hall–Kier alpha value is -0.330. The van der Waals surface area contributed by atoms with Crippen molar-refractivity contribution in [1.82, 2.24) is 0 Å². The van der Waals surface area contributed by atoms with Gasteiger partial charge in [-0.05, 0) is 43.4 Å². The minimum Gasteiger partial charge on any atom is -0.299 e. The molecule has 4 rings (SSSR count). The Kier molecular flexibility index (Phi) is 1.59. The SMILES string of the molecule is CCC1[C@@H]2C[C@H]3C[C@@H](C2)C(=O)[C@@H]1C3. The summed E-state index contributed by atoms with van der Waals surface area (Å²) in [6.45, 7) is 2.26. The molecular weight excluding hydrogens is 160 g/mol. The summed E-state index contributed by atoms with van der Waals surface area (Å²) in [6, 6.07) is 0. The molecule has 1 nitrogen and oxygen atoms in total. The van der Waals surface area contributed by atoms with E-state index in [1.54, 1.807) is 0 Å². The molecule has 4 saturated carbocycles. The van der Waals surface area contributed by atoms with Gasteiger partial charge in [0.1, 0.15) is 5.78 Å². The summed E-state index contributed by atoms with van der Waals surface area (Å²) in [4.78, 5) is 11.9. The summed E-state index contributed by atoms with van der Waals surface area (Å²) in [5.74, 6) is 4.23. The molecule has 0 aromatic heterocycles. The normalized spacial score (nSPS) is 53.0. The smallest absolute Gasteiger partial charge is 0.139 e. The molecule has 4 bridgehead atoms. The van der Waals surface area contributed by atoms with Gasteiger partial charge in [0.2, 0.25) is 0 Å². The molecule has 4 aliphatic rings. The maximum Gasteiger partial charge on any atom is 0.139 e. The van der Waals surface area contributed by atoms with Crippen LogP contribution in [-0.2, 0) is 4.79 Å². The Bertz CT molecular complexity index is 246. The van der Waals surface area contributed by atoms with E-state index < -0.39 is 0 Å². The van der Waals surface area contributed by atoms with Crippen molar-refractivity contribution in [2.45, 2.75) is 39.0 Å². The van der Waals surface area contributed by atoms with Crippen LogP contribution >= 0.6 is 0 Å². The predicted molar refractivity (Wildman–Crippen MR) is 51.2 cm³/mol. The Morgan fingerprint density at radius 2 is 2.08 bits per heavy atom. The first-order chi connectivity index (χ1) is 6.29. The van der Waals surface area contributed by atoms with Crippen molar-refractivity contribution >= 4 is 5.78 Å². The third-order valence-corrected chi connectivity index (χ3v) is 4.79.